The molecule has 0 unspecified atom stereocenters. The lowest BCUT2D eigenvalue weighted by atomic mass is 10.1. The number of fused-ring (bicyclic) bond motifs is 1. The predicted octanol–water partition coefficient (Wildman–Crippen LogP) is 3.38. The van der Waals surface area contributed by atoms with Crippen LogP contribution in [0.3, 0.4) is 0 Å². The van der Waals surface area contributed by atoms with Crippen molar-refractivity contribution < 1.29 is 29.3 Å². The highest BCUT2D eigenvalue weighted by atomic mass is 127. The van der Waals surface area contributed by atoms with Crippen LogP contribution < -0.4 is 5.43 Å². The molecule has 2 N–H and O–H groups in total. The van der Waals surface area contributed by atoms with Crippen molar-refractivity contribution in [1.29, 1.82) is 0 Å². The number of benzene rings is 2. The molecule has 3 aromatic rings. The average molecular weight is 547 g/mol. The number of aliphatic hydroxyl groups is 1. The number of hydrogen-bond donors (Lipinski definition) is 2. The number of aromatic nitrogens is 1. The molecule has 164 valence electrons. The molecule has 3 rings (SSSR count). The minimum absolute atomic E-state index is 0.0410. The smallest absolute Gasteiger partial charge is 0.379 e. The number of aromatic carboxylic acids is 1. The molecule has 9 heteroatoms. The van der Waals surface area contributed by atoms with Gasteiger partial charge >= 0.3 is 11.9 Å². The molecule has 0 saturated heterocycles. The summed E-state index contributed by atoms with van der Waals surface area (Å²) in [4.78, 5) is 47.4. The average Bonchev–Trinajstić information content (AvgIpc) is 2.75. The van der Waals surface area contributed by atoms with Gasteiger partial charge in [0.05, 0.1) is 12.1 Å². The van der Waals surface area contributed by atoms with Gasteiger partial charge < -0.3 is 19.5 Å². The summed E-state index contributed by atoms with van der Waals surface area (Å²) in [5, 5.41) is 20.0. The van der Waals surface area contributed by atoms with Gasteiger partial charge in [-0.3, -0.25) is 9.59 Å². The Labute approximate surface area is 195 Å². The maximum absolute atomic E-state index is 12.6. The molecule has 32 heavy (non-hydrogen) atoms. The quantitative estimate of drug-likeness (QED) is 0.153. The Balaban J connectivity index is 2.01. The van der Waals surface area contributed by atoms with Gasteiger partial charge in [-0.2, -0.15) is 0 Å². The number of halogens is 1. The van der Waals surface area contributed by atoms with E-state index in [1.165, 1.54) is 6.20 Å². The minimum Gasteiger partial charge on any atom is -0.507 e. The lowest BCUT2D eigenvalue weighted by molar-refractivity contribution is -0.151. The summed E-state index contributed by atoms with van der Waals surface area (Å²) in [6.07, 6.45) is 2.07. The van der Waals surface area contributed by atoms with Crippen molar-refractivity contribution in [3.05, 3.63) is 85.2 Å². The van der Waals surface area contributed by atoms with Gasteiger partial charge in [0.1, 0.15) is 11.3 Å². The number of carbonyl (C=O) groups is 3. The van der Waals surface area contributed by atoms with Crippen LogP contribution in [0.1, 0.15) is 28.4 Å². The number of ketones is 1. The van der Waals surface area contributed by atoms with E-state index in [1.807, 2.05) is 28.7 Å². The van der Waals surface area contributed by atoms with Crippen molar-refractivity contribution >= 4 is 57.0 Å². The molecule has 2 aromatic carbocycles. The van der Waals surface area contributed by atoms with Gasteiger partial charge in [-0.1, -0.05) is 18.2 Å². The Morgan fingerprint density at radius 2 is 1.88 bits per heavy atom. The molecular formula is C23H18INO7. The fraction of sp³-hybridized carbons (Fsp3) is 0.130. The Bertz CT molecular complexity index is 1320. The van der Waals surface area contributed by atoms with E-state index in [4.69, 9.17) is 0 Å². The molecule has 8 nitrogen and oxygen atoms in total. The largest absolute Gasteiger partial charge is 0.507 e. The van der Waals surface area contributed by atoms with Crippen molar-refractivity contribution in [3.63, 3.8) is 0 Å². The standard InChI is InChI=1S/C23H18INO7/c1-2-32-23(31)20(27)10-19(26)14-5-3-4-13(8-14)11-25-12-17(22(29)30)21(28)16-9-15(24)6-7-18(16)25/h3-10,12,26H,2,11H2,1H3,(H,29,30)/b19-10+. The summed E-state index contributed by atoms with van der Waals surface area (Å²) < 4.78 is 7.05. The van der Waals surface area contributed by atoms with Crippen LogP contribution in [0.25, 0.3) is 16.7 Å². The van der Waals surface area contributed by atoms with Crippen LogP contribution >= 0.6 is 22.6 Å². The first-order valence-electron chi connectivity index (χ1n) is 9.48. The molecular weight excluding hydrogens is 529 g/mol. The number of hydrogen-bond acceptors (Lipinski definition) is 6. The van der Waals surface area contributed by atoms with Crippen LogP contribution in [0.2, 0.25) is 0 Å². The second-order valence-corrected chi connectivity index (χ2v) is 8.03. The van der Waals surface area contributed by atoms with Crippen molar-refractivity contribution in [2.24, 2.45) is 0 Å². The normalized spacial score (nSPS) is 11.4. The summed E-state index contributed by atoms with van der Waals surface area (Å²) in [6.45, 7) is 1.81. The fourth-order valence-electron chi connectivity index (χ4n) is 3.15. The van der Waals surface area contributed by atoms with E-state index in [2.05, 4.69) is 4.74 Å². The number of carboxylic acid groups (broad SMARTS) is 1. The van der Waals surface area contributed by atoms with E-state index < -0.39 is 28.9 Å². The number of esters is 1. The second kappa shape index (κ2) is 9.77. The molecule has 0 amide bonds. The van der Waals surface area contributed by atoms with Crippen LogP contribution in [0.5, 0.6) is 0 Å². The van der Waals surface area contributed by atoms with Crippen molar-refractivity contribution in [3.8, 4) is 0 Å². The first-order chi connectivity index (χ1) is 15.2. The van der Waals surface area contributed by atoms with Gasteiger partial charge in [0.15, 0.2) is 0 Å². The summed E-state index contributed by atoms with van der Waals surface area (Å²) in [5.74, 6) is -3.78. The molecule has 0 aliphatic carbocycles. The zero-order chi connectivity index (χ0) is 23.4. The summed E-state index contributed by atoms with van der Waals surface area (Å²) in [7, 11) is 0. The van der Waals surface area contributed by atoms with E-state index >= 15 is 0 Å². The number of carboxylic acids is 1. The zero-order valence-corrected chi connectivity index (χ0v) is 19.0. The summed E-state index contributed by atoms with van der Waals surface area (Å²) in [5.41, 5.74) is 0.611. The molecule has 0 aliphatic rings. The van der Waals surface area contributed by atoms with Gasteiger partial charge in [-0.25, -0.2) is 9.59 Å². The van der Waals surface area contributed by atoms with Crippen LogP contribution in [0.15, 0.2) is 59.5 Å². The zero-order valence-electron chi connectivity index (χ0n) is 16.9. The monoisotopic (exact) mass is 547 g/mol. The van der Waals surface area contributed by atoms with Gasteiger partial charge in [0, 0.05) is 33.3 Å². The Morgan fingerprint density at radius 3 is 2.56 bits per heavy atom. The lowest BCUT2D eigenvalue weighted by Gasteiger charge is -2.13. The number of aliphatic hydroxyl groups excluding tert-OH is 1. The minimum atomic E-state index is -1.32. The SMILES string of the molecule is CCOC(=O)C(=O)/C=C(/O)c1cccc(Cn2cc(C(=O)O)c(=O)c3cc(I)ccc32)c1. The highest BCUT2D eigenvalue weighted by Gasteiger charge is 2.16. The van der Waals surface area contributed by atoms with E-state index in [9.17, 15) is 29.4 Å². The van der Waals surface area contributed by atoms with Crippen LogP contribution in [0.4, 0.5) is 0 Å². The molecule has 1 heterocycles. The van der Waals surface area contributed by atoms with Gasteiger partial charge in [0.25, 0.3) is 5.78 Å². The third kappa shape index (κ3) is 5.05. The van der Waals surface area contributed by atoms with Crippen molar-refractivity contribution in [2.75, 3.05) is 6.61 Å². The summed E-state index contributed by atoms with van der Waals surface area (Å²) >= 11 is 2.05. The molecule has 1 aromatic heterocycles. The van der Waals surface area contributed by atoms with Gasteiger partial charge in [-0.15, -0.1) is 0 Å². The highest BCUT2D eigenvalue weighted by molar-refractivity contribution is 14.1. The van der Waals surface area contributed by atoms with Crippen molar-refractivity contribution in [2.45, 2.75) is 13.5 Å². The molecule has 0 bridgehead atoms. The lowest BCUT2D eigenvalue weighted by Crippen LogP contribution is -2.19. The van der Waals surface area contributed by atoms with Gasteiger partial charge in [-0.05, 0) is 59.3 Å². The number of ether oxygens (including phenoxy) is 1. The third-order valence-corrected chi connectivity index (χ3v) is 5.26. The maximum atomic E-state index is 12.6. The molecule has 0 atom stereocenters. The Hall–Kier alpha value is -3.47. The van der Waals surface area contributed by atoms with E-state index in [-0.39, 0.29) is 24.1 Å². The topological polar surface area (TPSA) is 123 Å². The predicted molar refractivity (Wildman–Crippen MR) is 126 cm³/mol. The fourth-order valence-corrected chi connectivity index (χ4v) is 3.64. The molecule has 0 fully saturated rings. The van der Waals surface area contributed by atoms with Crippen molar-refractivity contribution in [1.82, 2.24) is 4.57 Å². The van der Waals surface area contributed by atoms with E-state index in [0.717, 1.165) is 9.65 Å². The molecule has 0 spiro atoms. The maximum Gasteiger partial charge on any atom is 0.379 e. The molecule has 0 aliphatic heterocycles. The first kappa shape index (κ1) is 23.2. The number of rotatable bonds is 7. The Morgan fingerprint density at radius 1 is 1.12 bits per heavy atom. The molecule has 0 radical (unpaired) electrons. The molecule has 0 saturated carbocycles. The number of nitrogens with zero attached hydrogens (tertiary/aromatic N) is 1. The van der Waals surface area contributed by atoms with E-state index in [1.54, 1.807) is 47.9 Å². The van der Waals surface area contributed by atoms with Crippen LogP contribution in [-0.2, 0) is 20.9 Å². The highest BCUT2D eigenvalue weighted by Crippen LogP contribution is 2.19. The number of pyridine rings is 1. The second-order valence-electron chi connectivity index (χ2n) is 6.78. The van der Waals surface area contributed by atoms with Crippen LogP contribution in [0, 0.1) is 3.57 Å². The number of carbonyl (C=O) groups excluding carboxylic acids is 2. The Kier molecular flexibility index (Phi) is 7.08. The third-order valence-electron chi connectivity index (χ3n) is 4.59. The first-order valence-corrected chi connectivity index (χ1v) is 10.6. The van der Waals surface area contributed by atoms with Crippen LogP contribution in [-0.4, -0.2) is 39.1 Å². The van der Waals surface area contributed by atoms with E-state index in [0.29, 0.717) is 16.6 Å². The van der Waals surface area contributed by atoms with Gasteiger partial charge in [0.2, 0.25) is 5.43 Å². The summed E-state index contributed by atoms with van der Waals surface area (Å²) in [6, 6.07) is 11.7.